The van der Waals surface area contributed by atoms with Gasteiger partial charge in [0.2, 0.25) is 0 Å². The molecule has 1 aromatic rings. The van der Waals surface area contributed by atoms with Crippen LogP contribution in [0, 0.1) is 0 Å². The predicted molar refractivity (Wildman–Crippen MR) is 62.4 cm³/mol. The summed E-state index contributed by atoms with van der Waals surface area (Å²) in [5, 5.41) is 0. The van der Waals surface area contributed by atoms with Gasteiger partial charge in [-0.3, -0.25) is 0 Å². The van der Waals surface area contributed by atoms with Crippen molar-refractivity contribution in [2.24, 2.45) is 0 Å². The highest BCUT2D eigenvalue weighted by Crippen LogP contribution is 2.36. The van der Waals surface area contributed by atoms with Gasteiger partial charge in [-0.05, 0) is 31.4 Å². The molecule has 0 aliphatic carbocycles. The molecular weight excluding hydrogens is 220 g/mol. The van der Waals surface area contributed by atoms with E-state index in [1.54, 1.807) is 14.0 Å². The minimum atomic E-state index is -0.515. The third-order valence-corrected chi connectivity index (χ3v) is 2.77. The molecule has 1 unspecified atom stereocenters. The fourth-order valence-corrected chi connectivity index (χ4v) is 1.94. The van der Waals surface area contributed by atoms with Crippen molar-refractivity contribution in [2.75, 3.05) is 13.7 Å². The second-order valence-electron chi connectivity index (χ2n) is 3.85. The molecule has 0 spiro atoms. The third kappa shape index (κ3) is 2.35. The standard InChI is InChI=1S/C13H16O4/c1-3-16-13(14)11-8-7-9-5-4-6-10(15-2)12(9)17-11/h4-6,11H,3,7-8H2,1-2H3. The van der Waals surface area contributed by atoms with Gasteiger partial charge in [0.15, 0.2) is 17.6 Å². The lowest BCUT2D eigenvalue weighted by molar-refractivity contribution is -0.152. The van der Waals surface area contributed by atoms with E-state index in [2.05, 4.69) is 0 Å². The third-order valence-electron chi connectivity index (χ3n) is 2.77. The molecule has 92 valence electrons. The summed E-state index contributed by atoms with van der Waals surface area (Å²) in [7, 11) is 1.59. The fraction of sp³-hybridized carbons (Fsp3) is 0.462. The van der Waals surface area contributed by atoms with Crippen LogP contribution in [0.4, 0.5) is 0 Å². The number of methoxy groups -OCH3 is 1. The number of ether oxygens (including phenoxy) is 3. The zero-order chi connectivity index (χ0) is 12.3. The molecule has 1 atom stereocenters. The average molecular weight is 236 g/mol. The molecule has 2 rings (SSSR count). The highest BCUT2D eigenvalue weighted by Gasteiger charge is 2.28. The maximum absolute atomic E-state index is 11.6. The Morgan fingerprint density at radius 2 is 2.35 bits per heavy atom. The summed E-state index contributed by atoms with van der Waals surface area (Å²) in [4.78, 5) is 11.6. The molecule has 0 fully saturated rings. The molecule has 1 aliphatic heterocycles. The molecule has 1 aromatic carbocycles. The van der Waals surface area contributed by atoms with Crippen molar-refractivity contribution < 1.29 is 19.0 Å². The summed E-state index contributed by atoms with van der Waals surface area (Å²) in [6.07, 6.45) is 0.938. The zero-order valence-electron chi connectivity index (χ0n) is 10.1. The molecule has 1 aliphatic rings. The Morgan fingerprint density at radius 3 is 3.06 bits per heavy atom. The van der Waals surface area contributed by atoms with Crippen LogP contribution in [0.15, 0.2) is 18.2 Å². The van der Waals surface area contributed by atoms with Crippen molar-refractivity contribution in [1.29, 1.82) is 0 Å². The number of para-hydroxylation sites is 1. The molecule has 0 bridgehead atoms. The first kappa shape index (κ1) is 11.8. The molecule has 0 saturated heterocycles. The van der Waals surface area contributed by atoms with Gasteiger partial charge in [-0.25, -0.2) is 4.79 Å². The van der Waals surface area contributed by atoms with E-state index >= 15 is 0 Å². The summed E-state index contributed by atoms with van der Waals surface area (Å²) >= 11 is 0. The number of carbonyl (C=O) groups is 1. The van der Waals surface area contributed by atoms with Crippen molar-refractivity contribution in [3.05, 3.63) is 23.8 Å². The molecule has 4 nitrogen and oxygen atoms in total. The number of hydrogen-bond donors (Lipinski definition) is 0. The Bertz CT molecular complexity index is 400. The largest absolute Gasteiger partial charge is 0.493 e. The second-order valence-corrected chi connectivity index (χ2v) is 3.85. The van der Waals surface area contributed by atoms with Gasteiger partial charge in [0.05, 0.1) is 13.7 Å². The Labute approximate surface area is 100 Å². The molecule has 0 saturated carbocycles. The lowest BCUT2D eigenvalue weighted by Gasteiger charge is -2.25. The lowest BCUT2D eigenvalue weighted by Crippen LogP contribution is -2.33. The van der Waals surface area contributed by atoms with Gasteiger partial charge in [0.25, 0.3) is 0 Å². The van der Waals surface area contributed by atoms with Gasteiger partial charge in [-0.2, -0.15) is 0 Å². The minimum absolute atomic E-state index is 0.302. The maximum Gasteiger partial charge on any atom is 0.347 e. The van der Waals surface area contributed by atoms with E-state index in [1.807, 2.05) is 18.2 Å². The first-order valence-corrected chi connectivity index (χ1v) is 5.75. The number of esters is 1. The van der Waals surface area contributed by atoms with Crippen molar-refractivity contribution in [3.8, 4) is 11.5 Å². The van der Waals surface area contributed by atoms with Crippen LogP contribution in [-0.2, 0) is 16.0 Å². The van der Waals surface area contributed by atoms with E-state index in [0.717, 1.165) is 12.0 Å². The van der Waals surface area contributed by atoms with E-state index in [0.29, 0.717) is 24.5 Å². The Morgan fingerprint density at radius 1 is 1.53 bits per heavy atom. The summed E-state index contributed by atoms with van der Waals surface area (Å²) in [6, 6.07) is 5.73. The smallest absolute Gasteiger partial charge is 0.347 e. The molecule has 0 aromatic heterocycles. The summed E-state index contributed by atoms with van der Waals surface area (Å²) < 4.78 is 15.9. The van der Waals surface area contributed by atoms with Gasteiger partial charge in [-0.15, -0.1) is 0 Å². The number of fused-ring (bicyclic) bond motifs is 1. The van der Waals surface area contributed by atoms with Gasteiger partial charge in [0, 0.05) is 0 Å². The molecule has 0 radical (unpaired) electrons. The van der Waals surface area contributed by atoms with Crippen molar-refractivity contribution in [3.63, 3.8) is 0 Å². The summed E-state index contributed by atoms with van der Waals surface area (Å²) in [6.45, 7) is 2.16. The van der Waals surface area contributed by atoms with E-state index in [9.17, 15) is 4.79 Å². The van der Waals surface area contributed by atoms with E-state index in [4.69, 9.17) is 14.2 Å². The summed E-state index contributed by atoms with van der Waals surface area (Å²) in [5.74, 6) is 1.03. The predicted octanol–water partition coefficient (Wildman–Crippen LogP) is 1.95. The van der Waals surface area contributed by atoms with Crippen LogP contribution in [0.5, 0.6) is 11.5 Å². The molecule has 0 amide bonds. The SMILES string of the molecule is CCOC(=O)C1CCc2cccc(OC)c2O1. The van der Waals surface area contributed by atoms with Gasteiger partial charge >= 0.3 is 5.97 Å². The van der Waals surface area contributed by atoms with Crippen LogP contribution >= 0.6 is 0 Å². The molecule has 0 N–H and O–H groups in total. The van der Waals surface area contributed by atoms with E-state index in [-0.39, 0.29) is 5.97 Å². The fourth-order valence-electron chi connectivity index (χ4n) is 1.94. The average Bonchev–Trinajstić information content (AvgIpc) is 2.37. The highest BCUT2D eigenvalue weighted by molar-refractivity contribution is 5.76. The Hall–Kier alpha value is -1.71. The monoisotopic (exact) mass is 236 g/mol. The number of rotatable bonds is 3. The van der Waals surface area contributed by atoms with Crippen LogP contribution in [-0.4, -0.2) is 25.8 Å². The van der Waals surface area contributed by atoms with Gasteiger partial charge in [-0.1, -0.05) is 12.1 Å². The summed E-state index contributed by atoms with van der Waals surface area (Å²) in [5.41, 5.74) is 1.07. The molecule has 4 heteroatoms. The molecule has 1 heterocycles. The van der Waals surface area contributed by atoms with Crippen molar-refractivity contribution in [1.82, 2.24) is 0 Å². The van der Waals surface area contributed by atoms with E-state index < -0.39 is 6.10 Å². The van der Waals surface area contributed by atoms with Crippen molar-refractivity contribution in [2.45, 2.75) is 25.9 Å². The van der Waals surface area contributed by atoms with E-state index in [1.165, 1.54) is 0 Å². The second kappa shape index (κ2) is 5.08. The normalized spacial score (nSPS) is 17.9. The lowest BCUT2D eigenvalue weighted by atomic mass is 10.0. The topological polar surface area (TPSA) is 44.8 Å². The first-order valence-electron chi connectivity index (χ1n) is 5.75. The van der Waals surface area contributed by atoms with Crippen LogP contribution in [0.1, 0.15) is 18.9 Å². The van der Waals surface area contributed by atoms with Crippen molar-refractivity contribution >= 4 is 5.97 Å². The van der Waals surface area contributed by atoms with Crippen LogP contribution < -0.4 is 9.47 Å². The number of hydrogen-bond acceptors (Lipinski definition) is 4. The minimum Gasteiger partial charge on any atom is -0.493 e. The first-order chi connectivity index (χ1) is 8.26. The highest BCUT2D eigenvalue weighted by atomic mass is 16.6. The van der Waals surface area contributed by atoms with Crippen LogP contribution in [0.25, 0.3) is 0 Å². The number of aryl methyl sites for hydroxylation is 1. The van der Waals surface area contributed by atoms with Crippen LogP contribution in [0.3, 0.4) is 0 Å². The maximum atomic E-state index is 11.6. The molecular formula is C13H16O4. The Balaban J connectivity index is 2.19. The Kier molecular flexibility index (Phi) is 3.52. The molecule has 17 heavy (non-hydrogen) atoms. The number of benzene rings is 1. The zero-order valence-corrected chi connectivity index (χ0v) is 10.1. The van der Waals surface area contributed by atoms with Crippen LogP contribution in [0.2, 0.25) is 0 Å². The quantitative estimate of drug-likeness (QED) is 0.752. The van der Waals surface area contributed by atoms with Gasteiger partial charge < -0.3 is 14.2 Å². The van der Waals surface area contributed by atoms with Gasteiger partial charge in [0.1, 0.15) is 0 Å². The number of carbonyl (C=O) groups excluding carboxylic acids is 1.